The number of rotatable bonds is 1. The van der Waals surface area contributed by atoms with E-state index in [-0.39, 0.29) is 0 Å². The van der Waals surface area contributed by atoms with Crippen LogP contribution in [-0.4, -0.2) is 4.98 Å². The van der Waals surface area contributed by atoms with Crippen molar-refractivity contribution >= 4 is 17.3 Å². The Morgan fingerprint density at radius 2 is 2.08 bits per heavy atom. The number of aromatic nitrogens is 1. The van der Waals surface area contributed by atoms with Crippen LogP contribution in [0, 0.1) is 5.82 Å². The fourth-order valence-electron chi connectivity index (χ4n) is 0.667. The van der Waals surface area contributed by atoms with Gasteiger partial charge >= 0.3 is 0 Å². The van der Waals surface area contributed by atoms with Gasteiger partial charge in [0.15, 0.2) is 5.82 Å². The normalized spacial score (nSPS) is 10.8. The van der Waals surface area contributed by atoms with Crippen LogP contribution in [0.15, 0.2) is 6.20 Å². The first kappa shape index (κ1) is 9.12. The van der Waals surface area contributed by atoms with Crippen LogP contribution < -0.4 is 5.73 Å². The maximum Gasteiger partial charge on any atom is 0.282 e. The lowest BCUT2D eigenvalue weighted by Gasteiger charge is -2.04. The van der Waals surface area contributed by atoms with Crippen LogP contribution in [0.25, 0.3) is 0 Å². The summed E-state index contributed by atoms with van der Waals surface area (Å²) in [5.41, 5.74) is 3.87. The van der Waals surface area contributed by atoms with Crippen molar-refractivity contribution in [2.45, 2.75) is 6.43 Å². The molecule has 0 aromatic carbocycles. The molecular formula is C6H4ClF3N2. The second kappa shape index (κ2) is 3.18. The molecule has 2 N–H and O–H groups in total. The van der Waals surface area contributed by atoms with E-state index in [1.807, 2.05) is 0 Å². The predicted octanol–water partition coefficient (Wildman–Crippen LogP) is 2.39. The SMILES string of the molecule is Nc1c(C(F)F)ncc(F)c1Cl. The highest BCUT2D eigenvalue weighted by molar-refractivity contribution is 6.33. The van der Waals surface area contributed by atoms with Crippen LogP contribution in [0.2, 0.25) is 5.02 Å². The Bertz CT molecular complexity index is 303. The molecule has 1 rings (SSSR count). The van der Waals surface area contributed by atoms with Crippen molar-refractivity contribution in [3.05, 3.63) is 22.7 Å². The molecule has 0 saturated carbocycles. The Hall–Kier alpha value is -0.970. The minimum absolute atomic E-state index is 0.508. The number of nitrogens with zero attached hydrogens (tertiary/aromatic N) is 1. The predicted molar refractivity (Wildman–Crippen MR) is 38.6 cm³/mol. The van der Waals surface area contributed by atoms with E-state index >= 15 is 0 Å². The molecule has 0 spiro atoms. The molecular weight excluding hydrogens is 193 g/mol. The fraction of sp³-hybridized carbons (Fsp3) is 0.167. The number of halogens is 4. The van der Waals surface area contributed by atoms with Crippen LogP contribution in [0.4, 0.5) is 18.9 Å². The summed E-state index contributed by atoms with van der Waals surface area (Å²) in [5, 5.41) is -0.514. The monoisotopic (exact) mass is 196 g/mol. The molecule has 0 aliphatic carbocycles. The minimum atomic E-state index is -2.84. The number of alkyl halides is 2. The highest BCUT2D eigenvalue weighted by atomic mass is 35.5. The molecule has 1 heterocycles. The van der Waals surface area contributed by atoms with Gasteiger partial charge in [0.2, 0.25) is 0 Å². The Kier molecular flexibility index (Phi) is 2.42. The fourth-order valence-corrected chi connectivity index (χ4v) is 0.813. The highest BCUT2D eigenvalue weighted by Crippen LogP contribution is 2.29. The van der Waals surface area contributed by atoms with Crippen molar-refractivity contribution in [2.24, 2.45) is 0 Å². The minimum Gasteiger partial charge on any atom is -0.396 e. The molecule has 0 unspecified atom stereocenters. The second-order valence-corrected chi connectivity index (χ2v) is 2.40. The lowest BCUT2D eigenvalue weighted by molar-refractivity contribution is 0.147. The summed E-state index contributed by atoms with van der Waals surface area (Å²) in [7, 11) is 0. The maximum absolute atomic E-state index is 12.5. The van der Waals surface area contributed by atoms with Gasteiger partial charge in [0, 0.05) is 0 Å². The molecule has 0 fully saturated rings. The number of pyridine rings is 1. The van der Waals surface area contributed by atoms with Gasteiger partial charge < -0.3 is 5.73 Å². The molecule has 0 amide bonds. The molecule has 12 heavy (non-hydrogen) atoms. The molecule has 0 bridgehead atoms. The topological polar surface area (TPSA) is 38.9 Å². The molecule has 2 nitrogen and oxygen atoms in total. The summed E-state index contributed by atoms with van der Waals surface area (Å²) in [6, 6.07) is 0. The van der Waals surface area contributed by atoms with Crippen molar-refractivity contribution in [3.63, 3.8) is 0 Å². The molecule has 6 heteroatoms. The Morgan fingerprint density at radius 3 is 2.58 bits per heavy atom. The number of hydrogen-bond acceptors (Lipinski definition) is 2. The van der Waals surface area contributed by atoms with Crippen LogP contribution in [-0.2, 0) is 0 Å². The third-order valence-electron chi connectivity index (χ3n) is 1.25. The van der Waals surface area contributed by atoms with E-state index in [1.165, 1.54) is 0 Å². The smallest absolute Gasteiger partial charge is 0.282 e. The van der Waals surface area contributed by atoms with Gasteiger partial charge in [-0.2, -0.15) is 0 Å². The van der Waals surface area contributed by atoms with E-state index in [9.17, 15) is 13.2 Å². The summed E-state index contributed by atoms with van der Waals surface area (Å²) in [6.07, 6.45) is -2.23. The van der Waals surface area contributed by atoms with Crippen LogP contribution >= 0.6 is 11.6 Å². The third kappa shape index (κ3) is 1.45. The van der Waals surface area contributed by atoms with E-state index in [0.717, 1.165) is 0 Å². The standard InChI is InChI=1S/C6H4ClF3N2/c7-3-2(8)1-12-5(4(3)11)6(9)10/h1,6H,11H2. The maximum atomic E-state index is 12.5. The highest BCUT2D eigenvalue weighted by Gasteiger charge is 2.17. The molecule has 66 valence electrons. The molecule has 0 radical (unpaired) electrons. The first-order valence-corrected chi connectivity index (χ1v) is 3.29. The summed E-state index contributed by atoms with van der Waals surface area (Å²) < 4.78 is 36.5. The van der Waals surface area contributed by atoms with E-state index in [2.05, 4.69) is 4.98 Å². The number of nitrogen functional groups attached to an aromatic ring is 1. The largest absolute Gasteiger partial charge is 0.396 e. The molecule has 1 aromatic heterocycles. The molecule has 1 aromatic rings. The molecule has 0 atom stereocenters. The molecule has 0 aliphatic rings. The average molecular weight is 197 g/mol. The summed E-state index contributed by atoms with van der Waals surface area (Å²) in [4.78, 5) is 3.10. The second-order valence-electron chi connectivity index (χ2n) is 2.02. The zero-order chi connectivity index (χ0) is 9.30. The van der Waals surface area contributed by atoms with Crippen LogP contribution in [0.1, 0.15) is 12.1 Å². The number of anilines is 1. The Labute approximate surface area is 71.2 Å². The van der Waals surface area contributed by atoms with Crippen LogP contribution in [0.5, 0.6) is 0 Å². The molecule has 0 aliphatic heterocycles. The van der Waals surface area contributed by atoms with Crippen molar-refractivity contribution in [1.29, 1.82) is 0 Å². The quantitative estimate of drug-likeness (QED) is 0.749. The van der Waals surface area contributed by atoms with Crippen molar-refractivity contribution in [2.75, 3.05) is 5.73 Å². The first-order chi connectivity index (χ1) is 5.54. The lowest BCUT2D eigenvalue weighted by atomic mass is 10.3. The van der Waals surface area contributed by atoms with Crippen molar-refractivity contribution in [3.8, 4) is 0 Å². The van der Waals surface area contributed by atoms with Gasteiger partial charge in [0.1, 0.15) is 10.7 Å². The van der Waals surface area contributed by atoms with E-state index in [4.69, 9.17) is 17.3 Å². The van der Waals surface area contributed by atoms with Gasteiger partial charge in [0.05, 0.1) is 11.9 Å². The zero-order valence-corrected chi connectivity index (χ0v) is 6.45. The van der Waals surface area contributed by atoms with Gasteiger partial charge in [-0.25, -0.2) is 18.2 Å². The zero-order valence-electron chi connectivity index (χ0n) is 5.69. The van der Waals surface area contributed by atoms with Gasteiger partial charge in [-0.1, -0.05) is 11.6 Å². The van der Waals surface area contributed by atoms with Gasteiger partial charge in [-0.15, -0.1) is 0 Å². The van der Waals surface area contributed by atoms with Gasteiger partial charge in [-0.3, -0.25) is 0 Å². The van der Waals surface area contributed by atoms with E-state index in [0.29, 0.717) is 6.20 Å². The Balaban J connectivity index is 3.27. The van der Waals surface area contributed by atoms with Crippen molar-refractivity contribution in [1.82, 2.24) is 4.98 Å². The summed E-state index contributed by atoms with van der Waals surface area (Å²) >= 11 is 5.25. The molecule has 0 saturated heterocycles. The van der Waals surface area contributed by atoms with Gasteiger partial charge in [-0.05, 0) is 0 Å². The number of hydrogen-bond donors (Lipinski definition) is 1. The average Bonchev–Trinajstić information content (AvgIpc) is 2.00. The third-order valence-corrected chi connectivity index (χ3v) is 1.63. The summed E-state index contributed by atoms with van der Waals surface area (Å²) in [6.45, 7) is 0. The van der Waals surface area contributed by atoms with Crippen LogP contribution in [0.3, 0.4) is 0 Å². The van der Waals surface area contributed by atoms with E-state index in [1.54, 1.807) is 0 Å². The first-order valence-electron chi connectivity index (χ1n) is 2.91. The summed E-state index contributed by atoms with van der Waals surface area (Å²) in [5.74, 6) is -0.904. The van der Waals surface area contributed by atoms with E-state index < -0.39 is 28.6 Å². The van der Waals surface area contributed by atoms with Crippen molar-refractivity contribution < 1.29 is 13.2 Å². The number of nitrogens with two attached hydrogens (primary N) is 1. The Morgan fingerprint density at radius 1 is 1.50 bits per heavy atom. The van der Waals surface area contributed by atoms with Gasteiger partial charge in [0.25, 0.3) is 6.43 Å². The lowest BCUT2D eigenvalue weighted by Crippen LogP contribution is -2.00.